The summed E-state index contributed by atoms with van der Waals surface area (Å²) >= 11 is 0. The molecule has 0 amide bonds. The van der Waals surface area contributed by atoms with Crippen LogP contribution in [0, 0.1) is 11.7 Å². The van der Waals surface area contributed by atoms with E-state index in [1.54, 1.807) is 6.07 Å². The van der Waals surface area contributed by atoms with Gasteiger partial charge in [0.05, 0.1) is 19.3 Å². The second kappa shape index (κ2) is 6.35. The maximum absolute atomic E-state index is 13.7. The zero-order valence-electron chi connectivity index (χ0n) is 11.8. The van der Waals surface area contributed by atoms with Crippen molar-refractivity contribution in [1.82, 2.24) is 5.32 Å². The van der Waals surface area contributed by atoms with E-state index in [4.69, 9.17) is 9.47 Å². The van der Waals surface area contributed by atoms with Crippen LogP contribution in [-0.2, 0) is 4.74 Å². The van der Waals surface area contributed by atoms with Crippen molar-refractivity contribution in [3.8, 4) is 5.75 Å². The average molecular weight is 267 g/mol. The second-order valence-corrected chi connectivity index (χ2v) is 5.43. The Hall–Kier alpha value is -1.13. The van der Waals surface area contributed by atoms with Gasteiger partial charge in [0.2, 0.25) is 0 Å². The monoisotopic (exact) mass is 267 g/mol. The molecule has 3 nitrogen and oxygen atoms in total. The second-order valence-electron chi connectivity index (χ2n) is 5.43. The van der Waals surface area contributed by atoms with Crippen LogP contribution >= 0.6 is 0 Å². The van der Waals surface area contributed by atoms with Gasteiger partial charge >= 0.3 is 0 Å². The lowest BCUT2D eigenvalue weighted by atomic mass is 10.0. The van der Waals surface area contributed by atoms with Crippen LogP contribution in [0.5, 0.6) is 5.75 Å². The quantitative estimate of drug-likeness (QED) is 0.910. The Morgan fingerprint density at radius 1 is 1.42 bits per heavy atom. The molecule has 0 radical (unpaired) electrons. The first kappa shape index (κ1) is 14.3. The van der Waals surface area contributed by atoms with Crippen molar-refractivity contribution in [3.63, 3.8) is 0 Å². The van der Waals surface area contributed by atoms with Crippen LogP contribution in [0.3, 0.4) is 0 Å². The molecular formula is C15H22FNO2. The Kier molecular flexibility index (Phi) is 4.77. The highest BCUT2D eigenvalue weighted by Gasteiger charge is 2.24. The molecule has 1 aromatic rings. The van der Waals surface area contributed by atoms with Gasteiger partial charge in [0, 0.05) is 13.1 Å². The van der Waals surface area contributed by atoms with E-state index < -0.39 is 0 Å². The molecule has 19 heavy (non-hydrogen) atoms. The molecule has 1 aliphatic heterocycles. The molecule has 1 fully saturated rings. The molecule has 1 heterocycles. The summed E-state index contributed by atoms with van der Waals surface area (Å²) in [6, 6.07) is 5.02. The number of rotatable bonds is 4. The molecule has 0 spiro atoms. The van der Waals surface area contributed by atoms with Crippen molar-refractivity contribution in [3.05, 3.63) is 29.6 Å². The Bertz CT molecular complexity index is 423. The van der Waals surface area contributed by atoms with Gasteiger partial charge in [0.1, 0.15) is 0 Å². The summed E-state index contributed by atoms with van der Waals surface area (Å²) in [7, 11) is 1.47. The summed E-state index contributed by atoms with van der Waals surface area (Å²) < 4.78 is 24.7. The van der Waals surface area contributed by atoms with Gasteiger partial charge in [-0.15, -0.1) is 0 Å². The lowest BCUT2D eigenvalue weighted by molar-refractivity contribution is -0.0475. The molecule has 0 bridgehead atoms. The van der Waals surface area contributed by atoms with Crippen molar-refractivity contribution in [2.45, 2.75) is 32.5 Å². The fourth-order valence-electron chi connectivity index (χ4n) is 2.45. The van der Waals surface area contributed by atoms with Crippen molar-refractivity contribution in [2.24, 2.45) is 5.92 Å². The summed E-state index contributed by atoms with van der Waals surface area (Å²) in [6.07, 6.45) is 1.13. The number of nitrogens with one attached hydrogen (secondary N) is 1. The van der Waals surface area contributed by atoms with Gasteiger partial charge in [-0.2, -0.15) is 0 Å². The first-order chi connectivity index (χ1) is 9.10. The molecule has 2 rings (SSSR count). The standard InChI is InChI=1S/C15H22FNO2/c1-10(2)6-12-8-17-9-15(19-12)11-4-5-14(18-3)13(16)7-11/h4-5,7,10,12,15,17H,6,8-9H2,1-3H3. The minimum Gasteiger partial charge on any atom is -0.494 e. The topological polar surface area (TPSA) is 30.5 Å². The third kappa shape index (κ3) is 3.67. The van der Waals surface area contributed by atoms with E-state index in [-0.39, 0.29) is 23.8 Å². The Labute approximate surface area is 114 Å². The third-order valence-electron chi connectivity index (χ3n) is 3.34. The van der Waals surface area contributed by atoms with Crippen molar-refractivity contribution in [2.75, 3.05) is 20.2 Å². The molecule has 0 aliphatic carbocycles. The van der Waals surface area contributed by atoms with Crippen LogP contribution in [0.4, 0.5) is 4.39 Å². The van der Waals surface area contributed by atoms with Crippen LogP contribution in [0.1, 0.15) is 31.9 Å². The van der Waals surface area contributed by atoms with Gasteiger partial charge in [0.15, 0.2) is 11.6 Å². The van der Waals surface area contributed by atoms with Crippen LogP contribution < -0.4 is 10.1 Å². The first-order valence-electron chi connectivity index (χ1n) is 6.79. The highest BCUT2D eigenvalue weighted by atomic mass is 19.1. The normalized spacial score (nSPS) is 23.6. The van der Waals surface area contributed by atoms with E-state index in [9.17, 15) is 4.39 Å². The smallest absolute Gasteiger partial charge is 0.165 e. The summed E-state index contributed by atoms with van der Waals surface area (Å²) in [4.78, 5) is 0. The zero-order valence-corrected chi connectivity index (χ0v) is 11.8. The molecule has 1 aromatic carbocycles. The van der Waals surface area contributed by atoms with E-state index in [1.165, 1.54) is 13.2 Å². The molecule has 0 aromatic heterocycles. The number of hydrogen-bond acceptors (Lipinski definition) is 3. The van der Waals surface area contributed by atoms with Crippen LogP contribution in [0.2, 0.25) is 0 Å². The highest BCUT2D eigenvalue weighted by molar-refractivity contribution is 5.30. The van der Waals surface area contributed by atoms with E-state index >= 15 is 0 Å². The maximum Gasteiger partial charge on any atom is 0.165 e. The molecule has 0 saturated carbocycles. The largest absolute Gasteiger partial charge is 0.494 e. The average Bonchev–Trinajstić information content (AvgIpc) is 2.38. The molecular weight excluding hydrogens is 245 g/mol. The summed E-state index contributed by atoms with van der Waals surface area (Å²) in [5.41, 5.74) is 0.860. The minimum atomic E-state index is -0.338. The van der Waals surface area contributed by atoms with Crippen molar-refractivity contribution in [1.29, 1.82) is 0 Å². The lowest BCUT2D eigenvalue weighted by Crippen LogP contribution is -2.41. The number of benzene rings is 1. The van der Waals surface area contributed by atoms with Gasteiger partial charge < -0.3 is 14.8 Å². The van der Waals surface area contributed by atoms with Gasteiger partial charge in [0.25, 0.3) is 0 Å². The summed E-state index contributed by atoms with van der Waals surface area (Å²) in [5, 5.41) is 3.36. The van der Waals surface area contributed by atoms with Gasteiger partial charge in [-0.05, 0) is 30.0 Å². The van der Waals surface area contributed by atoms with Crippen LogP contribution in [0.25, 0.3) is 0 Å². The number of hydrogen-bond donors (Lipinski definition) is 1. The Morgan fingerprint density at radius 3 is 2.84 bits per heavy atom. The molecule has 4 heteroatoms. The van der Waals surface area contributed by atoms with E-state index in [0.29, 0.717) is 5.92 Å². The molecule has 2 unspecified atom stereocenters. The van der Waals surface area contributed by atoms with Gasteiger partial charge in [-0.1, -0.05) is 19.9 Å². The summed E-state index contributed by atoms with van der Waals surface area (Å²) in [5.74, 6) is 0.527. The molecule has 2 atom stereocenters. The van der Waals surface area contributed by atoms with Crippen LogP contribution in [0.15, 0.2) is 18.2 Å². The number of morpholine rings is 1. The molecule has 1 N–H and O–H groups in total. The molecule has 1 aliphatic rings. The zero-order chi connectivity index (χ0) is 13.8. The molecule has 106 valence electrons. The van der Waals surface area contributed by atoms with Gasteiger partial charge in [-0.3, -0.25) is 0 Å². The SMILES string of the molecule is COc1ccc(C2CNCC(CC(C)C)O2)cc1F. The Balaban J connectivity index is 2.06. The maximum atomic E-state index is 13.7. The minimum absolute atomic E-state index is 0.0853. The fraction of sp³-hybridized carbons (Fsp3) is 0.600. The highest BCUT2D eigenvalue weighted by Crippen LogP contribution is 2.27. The number of ether oxygens (including phenoxy) is 2. The predicted octanol–water partition coefficient (Wildman–Crippen LogP) is 2.91. The van der Waals surface area contributed by atoms with Crippen molar-refractivity contribution >= 4 is 0 Å². The number of methoxy groups -OCH3 is 1. The van der Waals surface area contributed by atoms with Crippen LogP contribution in [-0.4, -0.2) is 26.3 Å². The van der Waals surface area contributed by atoms with Gasteiger partial charge in [-0.25, -0.2) is 4.39 Å². The predicted molar refractivity (Wildman–Crippen MR) is 72.9 cm³/mol. The lowest BCUT2D eigenvalue weighted by Gasteiger charge is -2.32. The van der Waals surface area contributed by atoms with E-state index in [1.807, 2.05) is 6.07 Å². The first-order valence-corrected chi connectivity index (χ1v) is 6.79. The third-order valence-corrected chi connectivity index (χ3v) is 3.34. The fourth-order valence-corrected chi connectivity index (χ4v) is 2.45. The Morgan fingerprint density at radius 2 is 2.21 bits per heavy atom. The van der Waals surface area contributed by atoms with Crippen molar-refractivity contribution < 1.29 is 13.9 Å². The summed E-state index contributed by atoms with van der Waals surface area (Å²) in [6.45, 7) is 5.95. The van der Waals surface area contributed by atoms with E-state index in [0.717, 1.165) is 25.1 Å². The molecule has 1 saturated heterocycles. The van der Waals surface area contributed by atoms with E-state index in [2.05, 4.69) is 19.2 Å². The number of halogens is 1.